The Morgan fingerprint density at radius 1 is 1.31 bits per heavy atom. The fraction of sp³-hybridized carbons (Fsp3) is 0.200. The van der Waals surface area contributed by atoms with Crippen LogP contribution in [0.4, 0.5) is 8.78 Å². The lowest BCUT2D eigenvalue weighted by Crippen LogP contribution is -1.86. The number of hydrogen-bond acceptors (Lipinski definition) is 0. The van der Waals surface area contributed by atoms with E-state index in [1.807, 2.05) is 0 Å². The molecule has 0 aliphatic rings. The van der Waals surface area contributed by atoms with Crippen LogP contribution in [0.25, 0.3) is 6.08 Å². The van der Waals surface area contributed by atoms with E-state index < -0.39 is 11.6 Å². The molecule has 0 aromatic heterocycles. The minimum absolute atomic E-state index is 0.255. The molecule has 0 unspecified atom stereocenters. The van der Waals surface area contributed by atoms with Crippen LogP contribution in [0.15, 0.2) is 24.3 Å². The van der Waals surface area contributed by atoms with Gasteiger partial charge < -0.3 is 0 Å². The van der Waals surface area contributed by atoms with Gasteiger partial charge in [0.2, 0.25) is 0 Å². The number of allylic oxidation sites excluding steroid dienone is 1. The van der Waals surface area contributed by atoms with Crippen molar-refractivity contribution in [3.8, 4) is 0 Å². The molecule has 0 saturated carbocycles. The molecule has 0 N–H and O–H groups in total. The van der Waals surface area contributed by atoms with E-state index in [-0.39, 0.29) is 5.56 Å². The summed E-state index contributed by atoms with van der Waals surface area (Å²) in [7, 11) is 0. The van der Waals surface area contributed by atoms with Gasteiger partial charge in [-0.15, -0.1) is 11.6 Å². The summed E-state index contributed by atoms with van der Waals surface area (Å²) in [6.45, 7) is 0. The van der Waals surface area contributed by atoms with Crippen molar-refractivity contribution in [2.45, 2.75) is 6.42 Å². The molecule has 0 spiro atoms. The molecule has 0 amide bonds. The van der Waals surface area contributed by atoms with Gasteiger partial charge in [0.25, 0.3) is 0 Å². The van der Waals surface area contributed by atoms with Crippen LogP contribution in [0.2, 0.25) is 0 Å². The quantitative estimate of drug-likeness (QED) is 0.657. The number of halogens is 3. The van der Waals surface area contributed by atoms with Crippen molar-refractivity contribution in [3.05, 3.63) is 41.5 Å². The van der Waals surface area contributed by atoms with Crippen LogP contribution in [0.5, 0.6) is 0 Å². The lowest BCUT2D eigenvalue weighted by atomic mass is 10.2. The van der Waals surface area contributed by atoms with E-state index >= 15 is 0 Å². The van der Waals surface area contributed by atoms with Gasteiger partial charge in [-0.2, -0.15) is 0 Å². The fourth-order valence-electron chi connectivity index (χ4n) is 0.922. The summed E-state index contributed by atoms with van der Waals surface area (Å²) in [5, 5.41) is 0. The van der Waals surface area contributed by atoms with Crippen molar-refractivity contribution in [3.63, 3.8) is 0 Å². The van der Waals surface area contributed by atoms with Crippen molar-refractivity contribution in [1.29, 1.82) is 0 Å². The predicted molar refractivity (Wildman–Crippen MR) is 50.7 cm³/mol. The topological polar surface area (TPSA) is 0 Å². The Kier molecular flexibility index (Phi) is 3.90. The number of alkyl halides is 1. The Balaban J connectivity index is 2.83. The van der Waals surface area contributed by atoms with Gasteiger partial charge in [0.1, 0.15) is 0 Å². The predicted octanol–water partition coefficient (Wildman–Crippen LogP) is 3.61. The van der Waals surface area contributed by atoms with E-state index in [0.29, 0.717) is 12.3 Å². The van der Waals surface area contributed by atoms with E-state index in [2.05, 4.69) is 0 Å². The standard InChI is InChI=1S/C10H9ClF2/c11-7-2-1-4-8-5-3-6-9(12)10(8)13/h1,3-6H,2,7H2/b4-1+. The summed E-state index contributed by atoms with van der Waals surface area (Å²) in [5.74, 6) is -1.16. The zero-order chi connectivity index (χ0) is 9.68. The lowest BCUT2D eigenvalue weighted by Gasteiger charge is -1.96. The highest BCUT2D eigenvalue weighted by molar-refractivity contribution is 6.17. The van der Waals surface area contributed by atoms with Crippen LogP contribution in [0.1, 0.15) is 12.0 Å². The van der Waals surface area contributed by atoms with Crippen LogP contribution in [-0.2, 0) is 0 Å². The summed E-state index contributed by atoms with van der Waals surface area (Å²) in [4.78, 5) is 0. The van der Waals surface area contributed by atoms with Crippen molar-refractivity contribution >= 4 is 17.7 Å². The second-order valence-corrected chi connectivity index (χ2v) is 2.90. The van der Waals surface area contributed by atoms with Crippen LogP contribution in [0.3, 0.4) is 0 Å². The maximum atomic E-state index is 13.0. The number of benzene rings is 1. The summed E-state index contributed by atoms with van der Waals surface area (Å²) in [6.07, 6.45) is 3.89. The minimum Gasteiger partial charge on any atom is -0.204 e. The van der Waals surface area contributed by atoms with Gasteiger partial charge in [-0.3, -0.25) is 0 Å². The molecule has 3 heteroatoms. The Hall–Kier alpha value is -0.890. The zero-order valence-electron chi connectivity index (χ0n) is 6.93. The van der Waals surface area contributed by atoms with E-state index in [0.717, 1.165) is 6.07 Å². The molecule has 1 aromatic rings. The third-order valence-electron chi connectivity index (χ3n) is 1.55. The molecule has 0 aliphatic carbocycles. The maximum Gasteiger partial charge on any atom is 0.166 e. The third kappa shape index (κ3) is 2.81. The monoisotopic (exact) mass is 202 g/mol. The lowest BCUT2D eigenvalue weighted by molar-refractivity contribution is 0.507. The first kappa shape index (κ1) is 10.2. The van der Waals surface area contributed by atoms with Crippen LogP contribution < -0.4 is 0 Å². The van der Waals surface area contributed by atoms with Gasteiger partial charge >= 0.3 is 0 Å². The average Bonchev–Trinajstić information content (AvgIpc) is 2.13. The van der Waals surface area contributed by atoms with Crippen molar-refractivity contribution in [2.75, 3.05) is 5.88 Å². The second kappa shape index (κ2) is 4.97. The summed E-state index contributed by atoms with van der Waals surface area (Å²) in [5.41, 5.74) is 0.255. The van der Waals surface area contributed by atoms with Crippen molar-refractivity contribution in [1.82, 2.24) is 0 Å². The number of rotatable bonds is 3. The van der Waals surface area contributed by atoms with Crippen LogP contribution >= 0.6 is 11.6 Å². The van der Waals surface area contributed by atoms with Gasteiger partial charge in [0.15, 0.2) is 11.6 Å². The van der Waals surface area contributed by atoms with Gasteiger partial charge in [0, 0.05) is 11.4 Å². The molecule has 0 bridgehead atoms. The molecular weight excluding hydrogens is 194 g/mol. The van der Waals surface area contributed by atoms with Crippen LogP contribution in [0, 0.1) is 11.6 Å². The van der Waals surface area contributed by atoms with Crippen LogP contribution in [-0.4, -0.2) is 5.88 Å². The van der Waals surface area contributed by atoms with Gasteiger partial charge in [0.05, 0.1) is 0 Å². The van der Waals surface area contributed by atoms with Gasteiger partial charge in [-0.05, 0) is 12.5 Å². The Morgan fingerprint density at radius 2 is 2.08 bits per heavy atom. The molecule has 1 aromatic carbocycles. The smallest absolute Gasteiger partial charge is 0.166 e. The van der Waals surface area contributed by atoms with Gasteiger partial charge in [-0.1, -0.05) is 24.3 Å². The average molecular weight is 203 g/mol. The molecule has 0 heterocycles. The van der Waals surface area contributed by atoms with Crippen molar-refractivity contribution in [2.24, 2.45) is 0 Å². The second-order valence-electron chi connectivity index (χ2n) is 2.52. The normalized spacial score (nSPS) is 11.0. The SMILES string of the molecule is Fc1cccc(/C=C/CCCl)c1F. The molecule has 70 valence electrons. The first-order valence-corrected chi connectivity index (χ1v) is 4.45. The third-order valence-corrected chi connectivity index (χ3v) is 1.77. The number of hydrogen-bond donors (Lipinski definition) is 0. The molecule has 0 radical (unpaired) electrons. The molecule has 13 heavy (non-hydrogen) atoms. The molecule has 0 saturated heterocycles. The summed E-state index contributed by atoms with van der Waals surface area (Å²) in [6, 6.07) is 4.08. The molecule has 1 rings (SSSR count). The van der Waals surface area contributed by atoms with Crippen molar-refractivity contribution < 1.29 is 8.78 Å². The minimum atomic E-state index is -0.826. The fourth-order valence-corrected chi connectivity index (χ4v) is 1.05. The molecule has 0 nitrogen and oxygen atoms in total. The van der Waals surface area contributed by atoms with Gasteiger partial charge in [-0.25, -0.2) is 8.78 Å². The Bertz CT molecular complexity index is 308. The maximum absolute atomic E-state index is 13.0. The largest absolute Gasteiger partial charge is 0.204 e. The zero-order valence-corrected chi connectivity index (χ0v) is 7.69. The first-order valence-electron chi connectivity index (χ1n) is 3.92. The Labute approximate surface area is 80.8 Å². The highest BCUT2D eigenvalue weighted by atomic mass is 35.5. The van der Waals surface area contributed by atoms with E-state index in [1.165, 1.54) is 18.2 Å². The van der Waals surface area contributed by atoms with E-state index in [1.54, 1.807) is 6.08 Å². The Morgan fingerprint density at radius 3 is 2.77 bits per heavy atom. The summed E-state index contributed by atoms with van der Waals surface area (Å²) < 4.78 is 25.6. The highest BCUT2D eigenvalue weighted by Crippen LogP contribution is 2.12. The molecule has 0 aliphatic heterocycles. The highest BCUT2D eigenvalue weighted by Gasteiger charge is 2.03. The molecule has 0 fully saturated rings. The first-order chi connectivity index (χ1) is 6.25. The molecular formula is C10H9ClF2. The summed E-state index contributed by atoms with van der Waals surface area (Å²) >= 11 is 5.42. The van der Waals surface area contributed by atoms with E-state index in [4.69, 9.17) is 11.6 Å². The molecule has 0 atom stereocenters. The van der Waals surface area contributed by atoms with E-state index in [9.17, 15) is 8.78 Å².